The van der Waals surface area contributed by atoms with Crippen LogP contribution >= 0.6 is 27.3 Å². The lowest BCUT2D eigenvalue weighted by Crippen LogP contribution is -2.12. The summed E-state index contributed by atoms with van der Waals surface area (Å²) in [4.78, 5) is 11.9. The van der Waals surface area contributed by atoms with Crippen LogP contribution in [0.15, 0.2) is 33.4 Å². The van der Waals surface area contributed by atoms with Crippen molar-refractivity contribution in [2.24, 2.45) is 0 Å². The Morgan fingerprint density at radius 2 is 2.22 bits per heavy atom. The average Bonchev–Trinajstić information content (AvgIpc) is 2.78. The molecule has 90 valence electrons. The highest BCUT2D eigenvalue weighted by atomic mass is 79.9. The third-order valence-electron chi connectivity index (χ3n) is 2.26. The minimum absolute atomic E-state index is 0.228. The van der Waals surface area contributed by atoms with Crippen molar-refractivity contribution in [3.8, 4) is 6.07 Å². The quantitative estimate of drug-likeness (QED) is 0.833. The zero-order chi connectivity index (χ0) is 13.1. The number of nitriles is 1. The standard InChI is InChI=1S/C12H8BrN3OS/c13-11-4-8(6-18-11)12(17)16-10-2-1-7(5-14)3-9(10)15/h1-4,6H,15H2,(H,16,17). The van der Waals surface area contributed by atoms with Crippen LogP contribution in [0, 0.1) is 11.3 Å². The second kappa shape index (κ2) is 5.21. The summed E-state index contributed by atoms with van der Waals surface area (Å²) in [7, 11) is 0. The molecule has 0 bridgehead atoms. The average molecular weight is 322 g/mol. The molecule has 1 aromatic carbocycles. The van der Waals surface area contributed by atoms with Crippen molar-refractivity contribution in [3.63, 3.8) is 0 Å². The van der Waals surface area contributed by atoms with Crippen LogP contribution < -0.4 is 11.1 Å². The first-order valence-electron chi connectivity index (χ1n) is 4.95. The van der Waals surface area contributed by atoms with Gasteiger partial charge in [-0.3, -0.25) is 4.79 Å². The van der Waals surface area contributed by atoms with Gasteiger partial charge in [-0.05, 0) is 40.2 Å². The molecule has 0 saturated carbocycles. The number of halogens is 1. The molecule has 1 aromatic heterocycles. The van der Waals surface area contributed by atoms with Crippen molar-refractivity contribution < 1.29 is 4.79 Å². The number of nitrogens with one attached hydrogen (secondary N) is 1. The Hall–Kier alpha value is -1.84. The molecule has 1 heterocycles. The Morgan fingerprint density at radius 3 is 2.78 bits per heavy atom. The van der Waals surface area contributed by atoms with E-state index in [1.807, 2.05) is 6.07 Å². The van der Waals surface area contributed by atoms with E-state index in [9.17, 15) is 4.79 Å². The maximum atomic E-state index is 11.9. The number of nitrogens with two attached hydrogens (primary N) is 1. The molecule has 6 heteroatoms. The first kappa shape index (κ1) is 12.6. The highest BCUT2D eigenvalue weighted by Crippen LogP contribution is 2.23. The molecule has 18 heavy (non-hydrogen) atoms. The van der Waals surface area contributed by atoms with Gasteiger partial charge in [0.25, 0.3) is 5.91 Å². The third kappa shape index (κ3) is 2.70. The van der Waals surface area contributed by atoms with Crippen molar-refractivity contribution in [2.45, 2.75) is 0 Å². The number of nitrogen functional groups attached to an aromatic ring is 1. The van der Waals surface area contributed by atoms with Crippen LogP contribution in [-0.2, 0) is 0 Å². The van der Waals surface area contributed by atoms with Crippen molar-refractivity contribution in [2.75, 3.05) is 11.1 Å². The van der Waals surface area contributed by atoms with Gasteiger partial charge in [0.15, 0.2) is 0 Å². The molecule has 0 aliphatic rings. The zero-order valence-electron chi connectivity index (χ0n) is 9.11. The zero-order valence-corrected chi connectivity index (χ0v) is 11.5. The molecule has 0 atom stereocenters. The number of carbonyl (C=O) groups is 1. The van der Waals surface area contributed by atoms with Crippen LogP contribution in [0.1, 0.15) is 15.9 Å². The fourth-order valence-electron chi connectivity index (χ4n) is 1.37. The van der Waals surface area contributed by atoms with Crippen LogP contribution in [-0.4, -0.2) is 5.91 Å². The molecule has 4 nitrogen and oxygen atoms in total. The highest BCUT2D eigenvalue weighted by molar-refractivity contribution is 9.11. The SMILES string of the molecule is N#Cc1ccc(NC(=O)c2csc(Br)c2)c(N)c1. The van der Waals surface area contributed by atoms with E-state index in [0.717, 1.165) is 3.79 Å². The predicted molar refractivity (Wildman–Crippen MR) is 75.5 cm³/mol. The van der Waals surface area contributed by atoms with E-state index in [0.29, 0.717) is 22.5 Å². The summed E-state index contributed by atoms with van der Waals surface area (Å²) in [6.45, 7) is 0. The second-order valence-corrected chi connectivity index (χ2v) is 5.80. The van der Waals surface area contributed by atoms with E-state index >= 15 is 0 Å². The Kier molecular flexibility index (Phi) is 3.65. The smallest absolute Gasteiger partial charge is 0.256 e. The van der Waals surface area contributed by atoms with Gasteiger partial charge in [-0.25, -0.2) is 0 Å². The fraction of sp³-hybridized carbons (Fsp3) is 0. The van der Waals surface area contributed by atoms with Gasteiger partial charge in [-0.1, -0.05) is 0 Å². The van der Waals surface area contributed by atoms with E-state index in [1.54, 1.807) is 23.6 Å². The van der Waals surface area contributed by atoms with Crippen LogP contribution in [0.5, 0.6) is 0 Å². The molecule has 0 radical (unpaired) electrons. The predicted octanol–water partition coefficient (Wildman–Crippen LogP) is 3.22. The molecule has 2 rings (SSSR count). The molecule has 0 spiro atoms. The van der Waals surface area contributed by atoms with E-state index in [1.165, 1.54) is 17.4 Å². The monoisotopic (exact) mass is 321 g/mol. The van der Waals surface area contributed by atoms with Gasteiger partial charge in [0.05, 0.1) is 32.4 Å². The molecule has 0 unspecified atom stereocenters. The Labute approximate surface area is 116 Å². The van der Waals surface area contributed by atoms with Crippen LogP contribution in [0.4, 0.5) is 11.4 Å². The summed E-state index contributed by atoms with van der Waals surface area (Å²) in [6.07, 6.45) is 0. The van der Waals surface area contributed by atoms with Gasteiger partial charge in [0.2, 0.25) is 0 Å². The number of hydrogen-bond donors (Lipinski definition) is 2. The number of anilines is 2. The van der Waals surface area contributed by atoms with E-state index in [4.69, 9.17) is 11.0 Å². The van der Waals surface area contributed by atoms with Crippen LogP contribution in [0.25, 0.3) is 0 Å². The van der Waals surface area contributed by atoms with Gasteiger partial charge < -0.3 is 11.1 Å². The van der Waals surface area contributed by atoms with Gasteiger partial charge >= 0.3 is 0 Å². The third-order valence-corrected chi connectivity index (χ3v) is 3.76. The van der Waals surface area contributed by atoms with Crippen molar-refractivity contribution in [3.05, 3.63) is 44.6 Å². The minimum atomic E-state index is -0.228. The lowest BCUT2D eigenvalue weighted by Gasteiger charge is -2.07. The Morgan fingerprint density at radius 1 is 1.44 bits per heavy atom. The number of nitrogens with zero attached hydrogens (tertiary/aromatic N) is 1. The normalized spacial score (nSPS) is 9.78. The second-order valence-electron chi connectivity index (χ2n) is 3.51. The van der Waals surface area contributed by atoms with Crippen LogP contribution in [0.3, 0.4) is 0 Å². The van der Waals surface area contributed by atoms with Gasteiger partial charge in [-0.2, -0.15) is 5.26 Å². The largest absolute Gasteiger partial charge is 0.397 e. The molecule has 0 saturated heterocycles. The maximum Gasteiger partial charge on any atom is 0.256 e. The number of benzene rings is 1. The maximum absolute atomic E-state index is 11.9. The molecule has 2 aromatic rings. The van der Waals surface area contributed by atoms with Crippen molar-refractivity contribution in [1.82, 2.24) is 0 Å². The molecular weight excluding hydrogens is 314 g/mol. The summed E-state index contributed by atoms with van der Waals surface area (Å²) < 4.78 is 0.889. The van der Waals surface area contributed by atoms with E-state index in [-0.39, 0.29) is 5.91 Å². The molecule has 3 N–H and O–H groups in total. The Balaban J connectivity index is 2.20. The number of rotatable bonds is 2. The molecule has 0 aliphatic heterocycles. The van der Waals surface area contributed by atoms with Gasteiger partial charge in [0.1, 0.15) is 0 Å². The van der Waals surface area contributed by atoms with Crippen LogP contribution in [0.2, 0.25) is 0 Å². The van der Waals surface area contributed by atoms with Crippen molar-refractivity contribution in [1.29, 1.82) is 5.26 Å². The van der Waals surface area contributed by atoms with E-state index in [2.05, 4.69) is 21.2 Å². The lowest BCUT2D eigenvalue weighted by molar-refractivity contribution is 0.102. The molecule has 0 fully saturated rings. The van der Waals surface area contributed by atoms with E-state index < -0.39 is 0 Å². The summed E-state index contributed by atoms with van der Waals surface area (Å²) in [6, 6.07) is 8.47. The van der Waals surface area contributed by atoms with Gasteiger partial charge in [0, 0.05) is 5.38 Å². The summed E-state index contributed by atoms with van der Waals surface area (Å²) in [5.74, 6) is -0.228. The highest BCUT2D eigenvalue weighted by Gasteiger charge is 2.10. The number of carbonyl (C=O) groups excluding carboxylic acids is 1. The van der Waals surface area contributed by atoms with Gasteiger partial charge in [-0.15, -0.1) is 11.3 Å². The number of hydrogen-bond acceptors (Lipinski definition) is 4. The number of amides is 1. The molecular formula is C12H8BrN3OS. The summed E-state index contributed by atoms with van der Waals surface area (Å²) in [5.41, 5.74) is 7.66. The number of thiophene rings is 1. The lowest BCUT2D eigenvalue weighted by atomic mass is 10.2. The fourth-order valence-corrected chi connectivity index (χ4v) is 2.51. The molecule has 0 aliphatic carbocycles. The molecule has 1 amide bonds. The topological polar surface area (TPSA) is 78.9 Å². The first-order valence-corrected chi connectivity index (χ1v) is 6.62. The van der Waals surface area contributed by atoms with Crippen molar-refractivity contribution >= 4 is 44.5 Å². The summed E-state index contributed by atoms with van der Waals surface area (Å²) >= 11 is 4.73. The summed E-state index contributed by atoms with van der Waals surface area (Å²) in [5, 5.41) is 13.2. The Bertz CT molecular complexity index is 645. The first-order chi connectivity index (χ1) is 8.60. The minimum Gasteiger partial charge on any atom is -0.397 e.